The molecule has 0 saturated carbocycles. The van der Waals surface area contributed by atoms with E-state index in [1.807, 2.05) is 19.9 Å². The van der Waals surface area contributed by atoms with Crippen LogP contribution in [0.15, 0.2) is 43.0 Å². The standard InChI is InChI=1S/C13H14N2O3.C11H16N2O3/c1-3-13(9-7-5-4-6-8-9)10(16)14-12(18)15(2)11(13)17;1-4-6-11(7(3)5-2)8(14)12-10(16)13-9(11)15/h4-8H,3H2,1-2H3,(H,14,16,18);4,7H,1,5-6H2,2-3H3,(H2,12,13,14,15,16). The quantitative estimate of drug-likeness (QED) is 0.429. The minimum atomic E-state index is -1.30. The molecule has 1 aromatic rings. The third-order valence-corrected chi connectivity index (χ3v) is 6.56. The summed E-state index contributed by atoms with van der Waals surface area (Å²) in [6, 6.07) is 7.37. The lowest BCUT2D eigenvalue weighted by Gasteiger charge is -2.37. The van der Waals surface area contributed by atoms with E-state index >= 15 is 0 Å². The maximum Gasteiger partial charge on any atom is 0.330 e. The second-order valence-corrected chi connectivity index (χ2v) is 8.26. The van der Waals surface area contributed by atoms with E-state index in [2.05, 4.69) is 22.5 Å². The number of carbonyl (C=O) groups excluding carboxylic acids is 6. The topological polar surface area (TPSA) is 142 Å². The van der Waals surface area contributed by atoms with Gasteiger partial charge in [0.05, 0.1) is 0 Å². The highest BCUT2D eigenvalue weighted by atomic mass is 16.2. The number of rotatable bonds is 6. The highest BCUT2D eigenvalue weighted by Gasteiger charge is 2.53. The van der Waals surface area contributed by atoms with E-state index in [4.69, 9.17) is 0 Å². The Hall–Kier alpha value is -3.82. The van der Waals surface area contributed by atoms with Gasteiger partial charge in [0.25, 0.3) is 5.91 Å². The van der Waals surface area contributed by atoms with E-state index in [-0.39, 0.29) is 12.3 Å². The Morgan fingerprint density at radius 1 is 0.941 bits per heavy atom. The van der Waals surface area contributed by atoms with E-state index in [1.54, 1.807) is 31.2 Å². The predicted molar refractivity (Wildman–Crippen MR) is 123 cm³/mol. The molecule has 2 unspecified atom stereocenters. The highest BCUT2D eigenvalue weighted by Crippen LogP contribution is 2.36. The molecule has 34 heavy (non-hydrogen) atoms. The smallest absolute Gasteiger partial charge is 0.277 e. The van der Waals surface area contributed by atoms with Crippen LogP contribution >= 0.6 is 0 Å². The average Bonchev–Trinajstić information content (AvgIpc) is 2.81. The molecule has 3 rings (SSSR count). The number of nitrogens with zero attached hydrogens (tertiary/aromatic N) is 1. The summed E-state index contributed by atoms with van der Waals surface area (Å²) < 4.78 is 0. The highest BCUT2D eigenvalue weighted by molar-refractivity contribution is 6.22. The summed E-state index contributed by atoms with van der Waals surface area (Å²) in [6.07, 6.45) is 2.73. The zero-order valence-corrected chi connectivity index (χ0v) is 19.8. The Morgan fingerprint density at radius 3 is 1.97 bits per heavy atom. The summed E-state index contributed by atoms with van der Waals surface area (Å²) in [6.45, 7) is 9.03. The molecular formula is C24H30N4O6. The number of nitrogens with one attached hydrogen (secondary N) is 3. The van der Waals surface area contributed by atoms with E-state index < -0.39 is 46.5 Å². The number of urea groups is 2. The molecule has 10 heteroatoms. The first-order chi connectivity index (χ1) is 16.0. The van der Waals surface area contributed by atoms with Gasteiger partial charge in [-0.1, -0.05) is 63.6 Å². The van der Waals surface area contributed by atoms with Gasteiger partial charge in [0, 0.05) is 7.05 Å². The second-order valence-electron chi connectivity index (χ2n) is 8.26. The van der Waals surface area contributed by atoms with Crippen LogP contribution in [-0.4, -0.2) is 47.6 Å². The lowest BCUT2D eigenvalue weighted by Crippen LogP contribution is -2.64. The number of imide groups is 4. The number of hydrogen-bond donors (Lipinski definition) is 3. The van der Waals surface area contributed by atoms with Gasteiger partial charge in [-0.05, 0) is 24.3 Å². The third kappa shape index (κ3) is 4.35. The van der Waals surface area contributed by atoms with E-state index in [0.717, 1.165) is 4.90 Å². The summed E-state index contributed by atoms with van der Waals surface area (Å²) in [4.78, 5) is 71.6. The Morgan fingerprint density at radius 2 is 1.50 bits per heavy atom. The summed E-state index contributed by atoms with van der Waals surface area (Å²) in [5.74, 6) is -2.25. The number of likely N-dealkylation sites (N-methyl/N-ethyl adjacent to an activating group) is 1. The van der Waals surface area contributed by atoms with Gasteiger partial charge in [0.15, 0.2) is 5.41 Å². The zero-order chi connectivity index (χ0) is 25.7. The van der Waals surface area contributed by atoms with Gasteiger partial charge in [0.2, 0.25) is 17.7 Å². The molecule has 0 aliphatic carbocycles. The number of hydrogen-bond acceptors (Lipinski definition) is 6. The number of amides is 8. The summed E-state index contributed by atoms with van der Waals surface area (Å²) in [5, 5.41) is 6.51. The Bertz CT molecular complexity index is 1000. The molecule has 2 fully saturated rings. The molecule has 2 heterocycles. The number of benzene rings is 1. The number of barbiturate groups is 2. The molecular weight excluding hydrogens is 440 g/mol. The van der Waals surface area contributed by atoms with Crippen LogP contribution in [0.1, 0.15) is 45.6 Å². The maximum absolute atomic E-state index is 12.3. The van der Waals surface area contributed by atoms with Crippen molar-refractivity contribution in [1.82, 2.24) is 20.9 Å². The van der Waals surface area contributed by atoms with Gasteiger partial charge >= 0.3 is 12.1 Å². The molecule has 2 saturated heterocycles. The zero-order valence-electron chi connectivity index (χ0n) is 19.8. The van der Waals surface area contributed by atoms with Gasteiger partial charge in [-0.15, -0.1) is 6.58 Å². The average molecular weight is 471 g/mol. The molecule has 2 aliphatic rings. The number of carbonyl (C=O) groups is 6. The van der Waals surface area contributed by atoms with Crippen LogP contribution in [0, 0.1) is 11.3 Å². The van der Waals surface area contributed by atoms with Crippen LogP contribution in [0.25, 0.3) is 0 Å². The van der Waals surface area contributed by atoms with Crippen molar-refractivity contribution in [3.8, 4) is 0 Å². The summed E-state index contributed by atoms with van der Waals surface area (Å²) >= 11 is 0. The Labute approximate surface area is 198 Å². The first-order valence-electron chi connectivity index (χ1n) is 11.0. The van der Waals surface area contributed by atoms with Crippen molar-refractivity contribution in [1.29, 1.82) is 0 Å². The van der Waals surface area contributed by atoms with Crippen molar-refractivity contribution in [3.63, 3.8) is 0 Å². The summed E-state index contributed by atoms with van der Waals surface area (Å²) in [7, 11) is 1.37. The molecule has 10 nitrogen and oxygen atoms in total. The Balaban J connectivity index is 0.000000242. The minimum absolute atomic E-state index is 0.154. The second kappa shape index (κ2) is 10.4. The van der Waals surface area contributed by atoms with Crippen molar-refractivity contribution >= 4 is 35.7 Å². The van der Waals surface area contributed by atoms with Gasteiger partial charge in [0.1, 0.15) is 5.41 Å². The largest absolute Gasteiger partial charge is 0.330 e. The van der Waals surface area contributed by atoms with Gasteiger partial charge in [-0.3, -0.25) is 40.0 Å². The summed E-state index contributed by atoms with van der Waals surface area (Å²) in [5.41, 5.74) is -1.90. The van der Waals surface area contributed by atoms with Crippen LogP contribution in [0.3, 0.4) is 0 Å². The van der Waals surface area contributed by atoms with Crippen LogP contribution in [0.5, 0.6) is 0 Å². The van der Waals surface area contributed by atoms with Crippen molar-refractivity contribution in [2.75, 3.05) is 7.05 Å². The molecule has 0 radical (unpaired) electrons. The van der Waals surface area contributed by atoms with Crippen molar-refractivity contribution in [2.24, 2.45) is 11.3 Å². The molecule has 2 aliphatic heterocycles. The van der Waals surface area contributed by atoms with Gasteiger partial charge < -0.3 is 0 Å². The minimum Gasteiger partial charge on any atom is -0.277 e. The molecule has 0 aromatic heterocycles. The van der Waals surface area contributed by atoms with Crippen LogP contribution in [0.2, 0.25) is 0 Å². The molecule has 2 atom stereocenters. The van der Waals surface area contributed by atoms with Gasteiger partial charge in [-0.25, -0.2) is 9.59 Å². The first kappa shape index (κ1) is 26.4. The number of allylic oxidation sites excluding steroid dienone is 1. The molecule has 1 aromatic carbocycles. The maximum atomic E-state index is 12.3. The Kier molecular flexibility index (Phi) is 8.09. The fraction of sp³-hybridized carbons (Fsp3) is 0.417. The van der Waals surface area contributed by atoms with Crippen LogP contribution < -0.4 is 16.0 Å². The lowest BCUT2D eigenvalue weighted by molar-refractivity contribution is -0.148. The van der Waals surface area contributed by atoms with Crippen LogP contribution in [0.4, 0.5) is 9.59 Å². The van der Waals surface area contributed by atoms with E-state index in [1.165, 1.54) is 13.1 Å². The van der Waals surface area contributed by atoms with Crippen LogP contribution in [-0.2, 0) is 24.6 Å². The lowest BCUT2D eigenvalue weighted by atomic mass is 9.70. The van der Waals surface area contributed by atoms with Gasteiger partial charge in [-0.2, -0.15) is 0 Å². The fourth-order valence-electron chi connectivity index (χ4n) is 4.23. The molecule has 0 bridgehead atoms. The first-order valence-corrected chi connectivity index (χ1v) is 11.0. The van der Waals surface area contributed by atoms with Crippen molar-refractivity contribution in [2.45, 2.75) is 45.4 Å². The monoisotopic (exact) mass is 470 g/mol. The van der Waals surface area contributed by atoms with E-state index in [0.29, 0.717) is 18.4 Å². The predicted octanol–water partition coefficient (Wildman–Crippen LogP) is 2.00. The fourth-order valence-corrected chi connectivity index (χ4v) is 4.23. The normalized spacial score (nSPS) is 22.6. The molecule has 0 spiro atoms. The van der Waals surface area contributed by atoms with Crippen molar-refractivity contribution < 1.29 is 28.8 Å². The SMILES string of the molecule is C=CCC1(C(C)CC)C(=O)NC(=O)NC1=O.CCC1(c2ccccc2)C(=O)NC(=O)N(C)C1=O. The van der Waals surface area contributed by atoms with Crippen molar-refractivity contribution in [3.05, 3.63) is 48.6 Å². The van der Waals surface area contributed by atoms with E-state index in [9.17, 15) is 28.8 Å². The molecule has 182 valence electrons. The molecule has 8 amide bonds. The molecule has 3 N–H and O–H groups in total. The third-order valence-electron chi connectivity index (χ3n) is 6.56.